The van der Waals surface area contributed by atoms with E-state index in [1.165, 1.54) is 3.58 Å². The molecule has 2 rings (SSSR count). The molecule has 0 amide bonds. The molecule has 0 saturated carbocycles. The quantitative estimate of drug-likeness (QED) is 0.212. The standard InChI is InChI=1S/C22H21BrI2O4/c1-2-28-20(21(26)27)14-16-8-9-19(18(23)13-16)29-12-5-3-4-10-22(25)11-6-7-17(24)15-22/h3,5-9,11,13,20H,2,12,14-15H2,1H3,(H,26,27)/b5-3+/t20-,22?/m0/s1. The van der Waals surface area contributed by atoms with E-state index in [0.717, 1.165) is 16.5 Å². The van der Waals surface area contributed by atoms with Crippen molar-refractivity contribution in [2.24, 2.45) is 0 Å². The molecule has 29 heavy (non-hydrogen) atoms. The molecule has 0 radical (unpaired) electrons. The number of halogens is 3. The Balaban J connectivity index is 1.88. The Bertz CT molecular complexity index is 883. The maximum atomic E-state index is 11.2. The third-order valence-corrected chi connectivity index (χ3v) is 6.31. The molecule has 1 N–H and O–H groups in total. The summed E-state index contributed by atoms with van der Waals surface area (Å²) in [4.78, 5) is 11.2. The maximum absolute atomic E-state index is 11.2. The van der Waals surface area contributed by atoms with Crippen LogP contribution in [0.2, 0.25) is 0 Å². The summed E-state index contributed by atoms with van der Waals surface area (Å²) in [6.45, 7) is 2.54. The van der Waals surface area contributed by atoms with Crippen molar-refractivity contribution in [3.8, 4) is 17.6 Å². The minimum Gasteiger partial charge on any atom is -0.488 e. The third-order valence-electron chi connectivity index (χ3n) is 3.94. The molecular formula is C22H21BrI2O4. The number of rotatable bonds is 8. The first-order valence-corrected chi connectivity index (χ1v) is 11.9. The second-order valence-electron chi connectivity index (χ2n) is 6.25. The molecule has 0 saturated heterocycles. The monoisotopic (exact) mass is 682 g/mol. The average Bonchev–Trinajstić information content (AvgIpc) is 2.65. The number of aliphatic carboxylic acids is 1. The zero-order valence-corrected chi connectivity index (χ0v) is 21.7. The predicted octanol–water partition coefficient (Wildman–Crippen LogP) is 5.87. The fraction of sp³-hybridized carbons (Fsp3) is 0.318. The van der Waals surface area contributed by atoms with Gasteiger partial charge in [0, 0.05) is 19.4 Å². The molecule has 0 aliphatic heterocycles. The van der Waals surface area contributed by atoms with Crippen LogP contribution in [0.1, 0.15) is 18.9 Å². The molecule has 1 aromatic rings. The number of alkyl halides is 1. The highest BCUT2D eigenvalue weighted by Crippen LogP contribution is 2.34. The summed E-state index contributed by atoms with van der Waals surface area (Å²) in [7, 11) is 0. The van der Waals surface area contributed by atoms with Gasteiger partial charge in [0.05, 0.1) is 4.47 Å². The third kappa shape index (κ3) is 8.44. The van der Waals surface area contributed by atoms with Crippen molar-refractivity contribution < 1.29 is 19.4 Å². The van der Waals surface area contributed by atoms with Gasteiger partial charge in [0.15, 0.2) is 6.10 Å². The summed E-state index contributed by atoms with van der Waals surface area (Å²) in [5.74, 6) is 6.09. The van der Waals surface area contributed by atoms with E-state index >= 15 is 0 Å². The molecular weight excluding hydrogens is 662 g/mol. The van der Waals surface area contributed by atoms with Crippen LogP contribution < -0.4 is 4.74 Å². The van der Waals surface area contributed by atoms with E-state index in [1.54, 1.807) is 13.0 Å². The maximum Gasteiger partial charge on any atom is 0.333 e. The van der Waals surface area contributed by atoms with Crippen molar-refractivity contribution >= 4 is 67.1 Å². The number of benzene rings is 1. The van der Waals surface area contributed by atoms with Gasteiger partial charge < -0.3 is 14.6 Å². The van der Waals surface area contributed by atoms with Crippen LogP contribution >= 0.6 is 61.1 Å². The molecule has 2 atom stereocenters. The Kier molecular flexibility index (Phi) is 10.2. The SMILES string of the molecule is CCO[C@@H](Cc1ccc(OC/C=C/C#CC2(I)C=CC=C(I)C2)c(Br)c1)C(=O)O. The summed E-state index contributed by atoms with van der Waals surface area (Å²) in [6, 6.07) is 5.53. The molecule has 0 heterocycles. The summed E-state index contributed by atoms with van der Waals surface area (Å²) in [5, 5.41) is 9.20. The van der Waals surface area contributed by atoms with Crippen molar-refractivity contribution in [3.05, 3.63) is 62.2 Å². The van der Waals surface area contributed by atoms with Gasteiger partial charge in [0.2, 0.25) is 0 Å². The van der Waals surface area contributed by atoms with Crippen LogP contribution in [0.4, 0.5) is 0 Å². The second kappa shape index (κ2) is 12.1. The van der Waals surface area contributed by atoms with E-state index in [4.69, 9.17) is 9.47 Å². The highest BCUT2D eigenvalue weighted by molar-refractivity contribution is 14.1. The number of allylic oxidation sites excluding steroid dienone is 5. The zero-order chi connectivity index (χ0) is 21.3. The fourth-order valence-corrected chi connectivity index (χ4v) is 5.44. The van der Waals surface area contributed by atoms with E-state index in [9.17, 15) is 9.90 Å². The summed E-state index contributed by atoms with van der Waals surface area (Å²) >= 11 is 8.20. The molecule has 1 unspecified atom stereocenters. The summed E-state index contributed by atoms with van der Waals surface area (Å²) in [6.07, 6.45) is 10.3. The largest absolute Gasteiger partial charge is 0.488 e. The lowest BCUT2D eigenvalue weighted by Gasteiger charge is -2.19. The van der Waals surface area contributed by atoms with E-state index < -0.39 is 12.1 Å². The fourth-order valence-electron chi connectivity index (χ4n) is 2.58. The smallest absolute Gasteiger partial charge is 0.333 e. The highest BCUT2D eigenvalue weighted by Gasteiger charge is 2.23. The highest BCUT2D eigenvalue weighted by atomic mass is 127. The van der Waals surface area contributed by atoms with E-state index in [2.05, 4.69) is 85.1 Å². The van der Waals surface area contributed by atoms with Crippen LogP contribution in [-0.4, -0.2) is 33.8 Å². The van der Waals surface area contributed by atoms with Gasteiger partial charge in [-0.1, -0.05) is 58.7 Å². The topological polar surface area (TPSA) is 55.8 Å². The first-order chi connectivity index (χ1) is 13.8. The van der Waals surface area contributed by atoms with Crippen molar-refractivity contribution in [1.29, 1.82) is 0 Å². The molecule has 154 valence electrons. The minimum absolute atomic E-state index is 0.150. The van der Waals surface area contributed by atoms with Crippen LogP contribution in [0.3, 0.4) is 0 Å². The van der Waals surface area contributed by atoms with E-state index in [1.807, 2.05) is 30.4 Å². The van der Waals surface area contributed by atoms with Gasteiger partial charge in [0.1, 0.15) is 15.8 Å². The number of ether oxygens (including phenoxy) is 2. The molecule has 0 aromatic heterocycles. The lowest BCUT2D eigenvalue weighted by atomic mass is 10.0. The predicted molar refractivity (Wildman–Crippen MR) is 136 cm³/mol. The van der Waals surface area contributed by atoms with E-state index in [-0.39, 0.29) is 3.42 Å². The van der Waals surface area contributed by atoms with Crippen LogP contribution in [0.5, 0.6) is 5.75 Å². The first-order valence-electron chi connectivity index (χ1n) is 8.99. The Hall–Kier alpha value is -0.830. The molecule has 0 spiro atoms. The Morgan fingerprint density at radius 3 is 2.93 bits per heavy atom. The van der Waals surface area contributed by atoms with Crippen molar-refractivity contribution in [2.45, 2.75) is 29.3 Å². The van der Waals surface area contributed by atoms with Gasteiger partial charge >= 0.3 is 5.97 Å². The Labute approximate surface area is 207 Å². The van der Waals surface area contributed by atoms with Crippen LogP contribution in [0.15, 0.2) is 56.6 Å². The molecule has 1 aliphatic rings. The van der Waals surface area contributed by atoms with E-state index in [0.29, 0.717) is 25.4 Å². The number of carboxylic acids is 1. The minimum atomic E-state index is -0.961. The van der Waals surface area contributed by atoms with Gasteiger partial charge in [-0.3, -0.25) is 0 Å². The molecule has 4 nitrogen and oxygen atoms in total. The van der Waals surface area contributed by atoms with Crippen LogP contribution in [0.25, 0.3) is 0 Å². The molecule has 1 aromatic carbocycles. The van der Waals surface area contributed by atoms with Gasteiger partial charge in [-0.15, -0.1) is 0 Å². The number of carbonyl (C=O) groups is 1. The number of hydrogen-bond donors (Lipinski definition) is 1. The molecule has 7 heteroatoms. The van der Waals surface area contributed by atoms with Crippen molar-refractivity contribution in [2.75, 3.05) is 13.2 Å². The lowest BCUT2D eigenvalue weighted by molar-refractivity contribution is -0.149. The Morgan fingerprint density at radius 2 is 2.28 bits per heavy atom. The number of hydrogen-bond acceptors (Lipinski definition) is 3. The van der Waals surface area contributed by atoms with Gasteiger partial charge in [0.25, 0.3) is 0 Å². The van der Waals surface area contributed by atoms with Gasteiger partial charge in [-0.2, -0.15) is 0 Å². The van der Waals surface area contributed by atoms with Crippen LogP contribution in [-0.2, 0) is 16.0 Å². The van der Waals surface area contributed by atoms with Crippen LogP contribution in [0, 0.1) is 11.8 Å². The van der Waals surface area contributed by atoms with Gasteiger partial charge in [-0.25, -0.2) is 4.79 Å². The molecule has 0 fully saturated rings. The lowest BCUT2D eigenvalue weighted by Crippen LogP contribution is -2.26. The summed E-state index contributed by atoms with van der Waals surface area (Å²) in [5.41, 5.74) is 0.864. The zero-order valence-electron chi connectivity index (χ0n) is 15.8. The van der Waals surface area contributed by atoms with Crippen molar-refractivity contribution in [3.63, 3.8) is 0 Å². The average molecular weight is 683 g/mol. The number of carboxylic acid groups (broad SMARTS) is 1. The molecule has 1 aliphatic carbocycles. The molecule has 0 bridgehead atoms. The summed E-state index contributed by atoms with van der Waals surface area (Å²) < 4.78 is 12.9. The second-order valence-corrected chi connectivity index (χ2v) is 10.4. The normalized spacial score (nSPS) is 19.4. The van der Waals surface area contributed by atoms with Crippen molar-refractivity contribution in [1.82, 2.24) is 0 Å². The Morgan fingerprint density at radius 1 is 1.48 bits per heavy atom. The first kappa shape index (κ1) is 24.4. The van der Waals surface area contributed by atoms with Gasteiger partial charge in [-0.05, 0) is 78.9 Å².